The lowest BCUT2D eigenvalue weighted by Crippen LogP contribution is -2.09. The highest BCUT2D eigenvalue weighted by Crippen LogP contribution is 2.19. The minimum Gasteiger partial charge on any atom is -0.344 e. The van der Waals surface area contributed by atoms with E-state index in [0.717, 1.165) is 19.4 Å². The van der Waals surface area contributed by atoms with Gasteiger partial charge in [-0.3, -0.25) is 0 Å². The SMILES string of the molecule is c1ccc(Cc2ccc(Cc3ccccc3)n2Cc2ccccc2)cc1. The first-order valence-electron chi connectivity index (χ1n) is 9.17. The zero-order valence-electron chi connectivity index (χ0n) is 14.9. The van der Waals surface area contributed by atoms with Gasteiger partial charge >= 0.3 is 0 Å². The summed E-state index contributed by atoms with van der Waals surface area (Å²) in [5, 5.41) is 0. The summed E-state index contributed by atoms with van der Waals surface area (Å²) < 4.78 is 2.48. The van der Waals surface area contributed by atoms with Crippen LogP contribution < -0.4 is 0 Å². The molecule has 0 atom stereocenters. The Labute approximate surface area is 155 Å². The molecule has 0 unspecified atom stereocenters. The van der Waals surface area contributed by atoms with Gasteiger partial charge in [0, 0.05) is 30.8 Å². The van der Waals surface area contributed by atoms with E-state index < -0.39 is 0 Å². The van der Waals surface area contributed by atoms with E-state index in [4.69, 9.17) is 0 Å². The molecule has 0 bridgehead atoms. The molecule has 4 aromatic rings. The summed E-state index contributed by atoms with van der Waals surface area (Å²) >= 11 is 0. The van der Waals surface area contributed by atoms with Gasteiger partial charge in [0.15, 0.2) is 0 Å². The van der Waals surface area contributed by atoms with Gasteiger partial charge < -0.3 is 4.57 Å². The quantitative estimate of drug-likeness (QED) is 0.424. The minimum absolute atomic E-state index is 0.915. The molecule has 1 aromatic heterocycles. The summed E-state index contributed by atoms with van der Waals surface area (Å²) in [6.45, 7) is 0.915. The van der Waals surface area contributed by atoms with E-state index in [1.807, 2.05) is 0 Å². The summed E-state index contributed by atoms with van der Waals surface area (Å²) in [7, 11) is 0. The molecule has 3 aromatic carbocycles. The van der Waals surface area contributed by atoms with Crippen LogP contribution in [0.4, 0.5) is 0 Å². The van der Waals surface area contributed by atoms with Crippen molar-refractivity contribution in [2.75, 3.05) is 0 Å². The minimum atomic E-state index is 0.915. The van der Waals surface area contributed by atoms with Crippen LogP contribution >= 0.6 is 0 Å². The second-order valence-corrected chi connectivity index (χ2v) is 6.71. The maximum absolute atomic E-state index is 2.48. The number of rotatable bonds is 6. The zero-order valence-corrected chi connectivity index (χ0v) is 14.9. The second-order valence-electron chi connectivity index (χ2n) is 6.71. The Balaban J connectivity index is 1.67. The van der Waals surface area contributed by atoms with Crippen molar-refractivity contribution < 1.29 is 0 Å². The summed E-state index contributed by atoms with van der Waals surface area (Å²) in [4.78, 5) is 0. The first-order chi connectivity index (χ1) is 12.9. The predicted octanol–water partition coefficient (Wildman–Crippen LogP) is 5.72. The largest absolute Gasteiger partial charge is 0.344 e. The number of nitrogens with zero attached hydrogens (tertiary/aromatic N) is 1. The van der Waals surface area contributed by atoms with Crippen molar-refractivity contribution in [3.05, 3.63) is 131 Å². The van der Waals surface area contributed by atoms with Crippen molar-refractivity contribution in [1.82, 2.24) is 4.57 Å². The fourth-order valence-corrected chi connectivity index (χ4v) is 3.44. The Hall–Kier alpha value is -3.06. The van der Waals surface area contributed by atoms with Gasteiger partial charge in [-0.2, -0.15) is 0 Å². The number of hydrogen-bond donors (Lipinski definition) is 0. The van der Waals surface area contributed by atoms with Crippen molar-refractivity contribution in [1.29, 1.82) is 0 Å². The molecule has 0 radical (unpaired) electrons. The summed E-state index contributed by atoms with van der Waals surface area (Å²) in [5.74, 6) is 0. The predicted molar refractivity (Wildman–Crippen MR) is 108 cm³/mol. The van der Waals surface area contributed by atoms with E-state index >= 15 is 0 Å². The third kappa shape index (κ3) is 3.94. The lowest BCUT2D eigenvalue weighted by molar-refractivity contribution is 0.719. The molecule has 1 nitrogen and oxygen atoms in total. The Bertz CT molecular complexity index is 878. The molecule has 0 amide bonds. The van der Waals surface area contributed by atoms with Crippen LogP contribution in [0, 0.1) is 0 Å². The van der Waals surface area contributed by atoms with Crippen LogP contribution in [0.5, 0.6) is 0 Å². The molecule has 26 heavy (non-hydrogen) atoms. The molecule has 4 rings (SSSR count). The van der Waals surface area contributed by atoms with Gasteiger partial charge in [-0.05, 0) is 28.8 Å². The van der Waals surface area contributed by atoms with Gasteiger partial charge in [0.25, 0.3) is 0 Å². The molecule has 0 saturated heterocycles. The van der Waals surface area contributed by atoms with Crippen molar-refractivity contribution in [3.8, 4) is 0 Å². The Kier molecular flexibility index (Phi) is 4.97. The molecule has 0 N–H and O–H groups in total. The molecule has 0 aliphatic rings. The van der Waals surface area contributed by atoms with Crippen LogP contribution in [-0.4, -0.2) is 4.57 Å². The number of benzene rings is 3. The Morgan fingerprint density at radius 3 is 1.23 bits per heavy atom. The van der Waals surface area contributed by atoms with Crippen molar-refractivity contribution in [2.45, 2.75) is 19.4 Å². The van der Waals surface area contributed by atoms with E-state index in [9.17, 15) is 0 Å². The summed E-state index contributed by atoms with van der Waals surface area (Å²) in [6.07, 6.45) is 1.92. The topological polar surface area (TPSA) is 4.93 Å². The lowest BCUT2D eigenvalue weighted by Gasteiger charge is -2.14. The van der Waals surface area contributed by atoms with Crippen LogP contribution in [0.3, 0.4) is 0 Å². The van der Waals surface area contributed by atoms with E-state index in [1.165, 1.54) is 28.1 Å². The fraction of sp³-hybridized carbons (Fsp3) is 0.120. The Morgan fingerprint density at radius 2 is 0.808 bits per heavy atom. The highest BCUT2D eigenvalue weighted by atomic mass is 15.0. The van der Waals surface area contributed by atoms with Crippen LogP contribution in [0.15, 0.2) is 103 Å². The average molecular weight is 337 g/mol. The molecule has 0 aliphatic heterocycles. The molecule has 0 saturated carbocycles. The molecule has 0 fully saturated rings. The van der Waals surface area contributed by atoms with E-state index in [0.29, 0.717) is 0 Å². The summed E-state index contributed by atoms with van der Waals surface area (Å²) in [5.41, 5.74) is 6.78. The zero-order chi connectivity index (χ0) is 17.6. The third-order valence-electron chi connectivity index (χ3n) is 4.80. The highest BCUT2D eigenvalue weighted by Gasteiger charge is 2.10. The van der Waals surface area contributed by atoms with Crippen LogP contribution in [0.25, 0.3) is 0 Å². The van der Waals surface area contributed by atoms with Gasteiger partial charge in [-0.25, -0.2) is 0 Å². The van der Waals surface area contributed by atoms with Gasteiger partial charge in [0.2, 0.25) is 0 Å². The molecular weight excluding hydrogens is 314 g/mol. The second kappa shape index (κ2) is 7.88. The summed E-state index contributed by atoms with van der Waals surface area (Å²) in [6, 6.07) is 36.7. The molecule has 0 spiro atoms. The van der Waals surface area contributed by atoms with Gasteiger partial charge in [0.05, 0.1) is 0 Å². The molecular formula is C25H23N. The van der Waals surface area contributed by atoms with Gasteiger partial charge in [-0.15, -0.1) is 0 Å². The van der Waals surface area contributed by atoms with Crippen LogP contribution in [-0.2, 0) is 19.4 Å². The number of hydrogen-bond acceptors (Lipinski definition) is 0. The molecule has 128 valence electrons. The first kappa shape index (κ1) is 16.4. The van der Waals surface area contributed by atoms with Crippen LogP contribution in [0.2, 0.25) is 0 Å². The van der Waals surface area contributed by atoms with Gasteiger partial charge in [0.1, 0.15) is 0 Å². The monoisotopic (exact) mass is 337 g/mol. The maximum atomic E-state index is 2.48. The lowest BCUT2D eigenvalue weighted by atomic mass is 10.1. The Morgan fingerprint density at radius 1 is 0.423 bits per heavy atom. The van der Waals surface area contributed by atoms with Crippen molar-refractivity contribution in [3.63, 3.8) is 0 Å². The van der Waals surface area contributed by atoms with E-state index in [-0.39, 0.29) is 0 Å². The first-order valence-corrected chi connectivity index (χ1v) is 9.17. The molecule has 1 heterocycles. The van der Waals surface area contributed by atoms with Crippen LogP contribution in [0.1, 0.15) is 28.1 Å². The van der Waals surface area contributed by atoms with Gasteiger partial charge in [-0.1, -0.05) is 91.0 Å². The van der Waals surface area contributed by atoms with Crippen molar-refractivity contribution >= 4 is 0 Å². The fourth-order valence-electron chi connectivity index (χ4n) is 3.44. The van der Waals surface area contributed by atoms with Crippen molar-refractivity contribution in [2.24, 2.45) is 0 Å². The average Bonchev–Trinajstić information content (AvgIpc) is 3.05. The highest BCUT2D eigenvalue weighted by molar-refractivity contribution is 5.30. The smallest absolute Gasteiger partial charge is 0.0475 e. The molecule has 0 aliphatic carbocycles. The normalized spacial score (nSPS) is 10.8. The van der Waals surface area contributed by atoms with E-state index in [2.05, 4.69) is 108 Å². The molecule has 1 heteroatoms. The number of aromatic nitrogens is 1. The standard InChI is InChI=1S/C25H23N/c1-4-10-21(11-5-1)18-24-16-17-25(19-22-12-6-2-7-13-22)26(24)20-23-14-8-3-9-15-23/h1-17H,18-20H2. The van der Waals surface area contributed by atoms with E-state index in [1.54, 1.807) is 0 Å². The maximum Gasteiger partial charge on any atom is 0.0475 e. The third-order valence-corrected chi connectivity index (χ3v) is 4.80.